The number of aromatic nitrogens is 1. The predicted molar refractivity (Wildman–Crippen MR) is 89.2 cm³/mol. The van der Waals surface area contributed by atoms with Gasteiger partial charge in [-0.3, -0.25) is 0 Å². The van der Waals surface area contributed by atoms with Gasteiger partial charge >= 0.3 is 0 Å². The lowest BCUT2D eigenvalue weighted by molar-refractivity contribution is 0.255. The first-order chi connectivity index (χ1) is 11.0. The van der Waals surface area contributed by atoms with Gasteiger partial charge in [-0.1, -0.05) is 18.6 Å². The molecule has 2 heterocycles. The normalized spacial score (nSPS) is 19.8. The maximum absolute atomic E-state index is 13.7. The lowest BCUT2D eigenvalue weighted by atomic mass is 10.1. The zero-order valence-electron chi connectivity index (χ0n) is 12.9. The van der Waals surface area contributed by atoms with Gasteiger partial charge < -0.3 is 0 Å². The largest absolute Gasteiger partial charge is 0.248 e. The van der Waals surface area contributed by atoms with Gasteiger partial charge in [-0.2, -0.15) is 4.31 Å². The van der Waals surface area contributed by atoms with Crippen molar-refractivity contribution in [1.29, 1.82) is 0 Å². The fraction of sp³-hybridized carbons (Fsp3) is 0.438. The van der Waals surface area contributed by atoms with Gasteiger partial charge in [0.1, 0.15) is 10.8 Å². The van der Waals surface area contributed by atoms with E-state index in [1.165, 1.54) is 17.4 Å². The van der Waals surface area contributed by atoms with Crippen LogP contribution in [0.1, 0.15) is 41.4 Å². The lowest BCUT2D eigenvalue weighted by Crippen LogP contribution is -2.39. The van der Waals surface area contributed by atoms with Crippen molar-refractivity contribution < 1.29 is 12.8 Å². The fourth-order valence-electron chi connectivity index (χ4n) is 2.90. The number of hydrogen-bond acceptors (Lipinski definition) is 4. The molecule has 0 radical (unpaired) electrons. The molecule has 1 aliphatic heterocycles. The Morgan fingerprint density at radius 3 is 2.91 bits per heavy atom. The number of nitrogens with zero attached hydrogens (tertiary/aromatic N) is 2. The number of hydrogen-bond donors (Lipinski definition) is 0. The molecule has 0 bridgehead atoms. The highest BCUT2D eigenvalue weighted by Gasteiger charge is 2.34. The van der Waals surface area contributed by atoms with Crippen LogP contribution in [0.4, 0.5) is 4.39 Å². The van der Waals surface area contributed by atoms with Crippen molar-refractivity contribution in [2.24, 2.45) is 0 Å². The number of aryl methyl sites for hydroxylation is 1. The monoisotopic (exact) mass is 354 g/mol. The molecule has 3 rings (SSSR count). The van der Waals surface area contributed by atoms with Crippen LogP contribution in [-0.4, -0.2) is 24.3 Å². The predicted octanol–water partition coefficient (Wildman–Crippen LogP) is 3.65. The second kappa shape index (κ2) is 6.67. The smallest absolute Gasteiger partial charge is 0.218 e. The SMILES string of the molecule is Cc1ccc(CS(=O)(=O)N2CCCC[C@@H]2c2nccs2)cc1F. The first kappa shape index (κ1) is 16.5. The van der Waals surface area contributed by atoms with Crippen molar-refractivity contribution in [3.63, 3.8) is 0 Å². The van der Waals surface area contributed by atoms with Gasteiger partial charge in [0.05, 0.1) is 11.8 Å². The Morgan fingerprint density at radius 2 is 2.22 bits per heavy atom. The van der Waals surface area contributed by atoms with Gasteiger partial charge in [-0.25, -0.2) is 17.8 Å². The van der Waals surface area contributed by atoms with Crippen LogP contribution in [0.2, 0.25) is 0 Å². The van der Waals surface area contributed by atoms with Crippen LogP contribution in [-0.2, 0) is 15.8 Å². The van der Waals surface area contributed by atoms with Crippen LogP contribution in [0.25, 0.3) is 0 Å². The Hall–Kier alpha value is -1.31. The van der Waals surface area contributed by atoms with E-state index in [2.05, 4.69) is 4.98 Å². The van der Waals surface area contributed by atoms with Gasteiger partial charge in [0.2, 0.25) is 10.0 Å². The number of halogens is 1. The maximum Gasteiger partial charge on any atom is 0.218 e. The van der Waals surface area contributed by atoms with Gasteiger partial charge in [0.15, 0.2) is 0 Å². The van der Waals surface area contributed by atoms with Crippen LogP contribution >= 0.6 is 11.3 Å². The highest BCUT2D eigenvalue weighted by Crippen LogP contribution is 2.35. The van der Waals surface area contributed by atoms with E-state index >= 15 is 0 Å². The van der Waals surface area contributed by atoms with E-state index < -0.39 is 10.0 Å². The van der Waals surface area contributed by atoms with Gasteiger partial charge in [0, 0.05) is 18.1 Å². The molecule has 1 saturated heterocycles. The van der Waals surface area contributed by atoms with Crippen molar-refractivity contribution in [1.82, 2.24) is 9.29 Å². The number of benzene rings is 1. The van der Waals surface area contributed by atoms with Gasteiger partial charge in [-0.05, 0) is 37.0 Å². The number of piperidine rings is 1. The second-order valence-electron chi connectivity index (χ2n) is 5.83. The summed E-state index contributed by atoms with van der Waals surface area (Å²) in [6.45, 7) is 2.16. The maximum atomic E-state index is 13.7. The molecule has 7 heteroatoms. The van der Waals surface area contributed by atoms with Gasteiger partial charge in [0.25, 0.3) is 0 Å². The summed E-state index contributed by atoms with van der Waals surface area (Å²) in [4.78, 5) is 4.29. The van der Waals surface area contributed by atoms with E-state index in [0.717, 1.165) is 24.3 Å². The highest BCUT2D eigenvalue weighted by atomic mass is 32.2. The Morgan fingerprint density at radius 1 is 1.39 bits per heavy atom. The summed E-state index contributed by atoms with van der Waals surface area (Å²) in [6, 6.07) is 4.42. The van der Waals surface area contributed by atoms with Crippen molar-refractivity contribution in [2.45, 2.75) is 38.0 Å². The van der Waals surface area contributed by atoms with E-state index in [4.69, 9.17) is 0 Å². The molecule has 4 nitrogen and oxygen atoms in total. The standard InChI is InChI=1S/C16H19FN2O2S2/c1-12-5-6-13(10-14(12)17)11-23(20,21)19-8-3-2-4-15(19)16-18-7-9-22-16/h5-7,9-10,15H,2-4,8,11H2,1H3/t15-/m1/s1. The van der Waals surface area contributed by atoms with Crippen LogP contribution in [0.15, 0.2) is 29.8 Å². The third-order valence-corrected chi connectivity index (χ3v) is 6.86. The summed E-state index contributed by atoms with van der Waals surface area (Å²) in [5, 5.41) is 2.70. The van der Waals surface area contributed by atoms with E-state index in [1.807, 2.05) is 5.38 Å². The van der Waals surface area contributed by atoms with Gasteiger partial charge in [-0.15, -0.1) is 11.3 Å². The molecule has 0 N–H and O–H groups in total. The summed E-state index contributed by atoms with van der Waals surface area (Å²) < 4.78 is 40.9. The summed E-state index contributed by atoms with van der Waals surface area (Å²) in [5.41, 5.74) is 1.00. The zero-order chi connectivity index (χ0) is 16.4. The number of rotatable bonds is 4. The minimum Gasteiger partial charge on any atom is -0.248 e. The van der Waals surface area contributed by atoms with Crippen molar-refractivity contribution in [3.05, 3.63) is 51.7 Å². The molecule has 23 heavy (non-hydrogen) atoms. The average Bonchev–Trinajstić information content (AvgIpc) is 3.05. The van der Waals surface area contributed by atoms with Crippen molar-refractivity contribution in [3.8, 4) is 0 Å². The number of sulfonamides is 1. The average molecular weight is 354 g/mol. The van der Waals surface area contributed by atoms with E-state index in [1.54, 1.807) is 29.6 Å². The Bertz CT molecular complexity index is 775. The molecule has 2 aromatic rings. The third kappa shape index (κ3) is 3.62. The molecule has 124 valence electrons. The third-order valence-electron chi connectivity index (χ3n) is 4.13. The molecule has 1 fully saturated rings. The minimum atomic E-state index is -3.51. The number of thiazole rings is 1. The molecular formula is C16H19FN2O2S2. The summed E-state index contributed by atoms with van der Waals surface area (Å²) in [7, 11) is -3.51. The summed E-state index contributed by atoms with van der Waals surface area (Å²) in [5.74, 6) is -0.542. The Labute approximate surface area is 140 Å². The summed E-state index contributed by atoms with van der Waals surface area (Å²) in [6.07, 6.45) is 4.34. The molecule has 0 amide bonds. The molecule has 0 saturated carbocycles. The molecule has 1 aliphatic rings. The molecule has 0 unspecified atom stereocenters. The molecule has 0 spiro atoms. The van der Waals surface area contributed by atoms with E-state index in [0.29, 0.717) is 17.7 Å². The topological polar surface area (TPSA) is 50.3 Å². The second-order valence-corrected chi connectivity index (χ2v) is 8.68. The molecular weight excluding hydrogens is 335 g/mol. The first-order valence-corrected chi connectivity index (χ1v) is 10.1. The van der Waals surface area contributed by atoms with E-state index in [9.17, 15) is 12.8 Å². The fourth-order valence-corrected chi connectivity index (χ4v) is 5.52. The first-order valence-electron chi connectivity index (χ1n) is 7.61. The minimum absolute atomic E-state index is 0.175. The van der Waals surface area contributed by atoms with Crippen LogP contribution in [0.3, 0.4) is 0 Å². The molecule has 1 atom stereocenters. The Kier molecular flexibility index (Phi) is 4.79. The Balaban J connectivity index is 1.86. The molecule has 0 aliphatic carbocycles. The summed E-state index contributed by atoms with van der Waals surface area (Å²) >= 11 is 1.48. The van der Waals surface area contributed by atoms with Crippen molar-refractivity contribution in [2.75, 3.05) is 6.54 Å². The molecule has 1 aromatic carbocycles. The van der Waals surface area contributed by atoms with Crippen LogP contribution in [0.5, 0.6) is 0 Å². The van der Waals surface area contributed by atoms with Crippen LogP contribution in [0, 0.1) is 12.7 Å². The lowest BCUT2D eigenvalue weighted by Gasteiger charge is -2.33. The molecule has 1 aromatic heterocycles. The zero-order valence-corrected chi connectivity index (χ0v) is 14.5. The van der Waals surface area contributed by atoms with Crippen LogP contribution < -0.4 is 0 Å². The van der Waals surface area contributed by atoms with Crippen molar-refractivity contribution >= 4 is 21.4 Å². The highest BCUT2D eigenvalue weighted by molar-refractivity contribution is 7.88. The van der Waals surface area contributed by atoms with E-state index in [-0.39, 0.29) is 17.6 Å². The quantitative estimate of drug-likeness (QED) is 0.842.